The lowest BCUT2D eigenvalue weighted by atomic mass is 9.92. The number of nitrogens with one attached hydrogen (secondary N) is 1. The van der Waals surface area contributed by atoms with Crippen LogP contribution in [0.25, 0.3) is 11.0 Å². The largest absolute Gasteiger partial charge is 0.508 e. The van der Waals surface area contributed by atoms with E-state index in [1.54, 1.807) is 37.3 Å². The van der Waals surface area contributed by atoms with E-state index in [-0.39, 0.29) is 23.6 Å². The van der Waals surface area contributed by atoms with Crippen LogP contribution >= 0.6 is 0 Å². The molecule has 0 aliphatic rings. The van der Waals surface area contributed by atoms with Crippen molar-refractivity contribution in [3.05, 3.63) is 54.1 Å². The molecule has 142 valence electrons. The van der Waals surface area contributed by atoms with Gasteiger partial charge in [0.25, 0.3) is 0 Å². The van der Waals surface area contributed by atoms with Crippen molar-refractivity contribution in [3.8, 4) is 5.75 Å². The smallest absolute Gasteiger partial charge is 0.229 e. The fourth-order valence-electron chi connectivity index (χ4n) is 3.21. The summed E-state index contributed by atoms with van der Waals surface area (Å²) in [5.41, 5.74) is 0.421. The molecule has 3 aromatic rings. The van der Waals surface area contributed by atoms with Crippen LogP contribution in [0.5, 0.6) is 5.75 Å². The Balaban J connectivity index is 1.91. The third kappa shape index (κ3) is 3.95. The number of fused-ring (bicyclic) bond motifs is 1. The topological polar surface area (TPSA) is 87.4 Å². The average Bonchev–Trinajstić information content (AvgIpc) is 2.92. The molecule has 1 amide bonds. The van der Waals surface area contributed by atoms with Gasteiger partial charge < -0.3 is 14.8 Å². The van der Waals surface area contributed by atoms with Crippen LogP contribution in [0.2, 0.25) is 0 Å². The number of carbonyl (C=O) groups excluding carboxylic acids is 1. The van der Waals surface area contributed by atoms with Gasteiger partial charge in [0.2, 0.25) is 11.9 Å². The summed E-state index contributed by atoms with van der Waals surface area (Å²) in [6, 6.07) is 14.0. The van der Waals surface area contributed by atoms with Gasteiger partial charge in [0, 0.05) is 11.6 Å². The van der Waals surface area contributed by atoms with E-state index in [9.17, 15) is 15.0 Å². The van der Waals surface area contributed by atoms with Crippen LogP contribution in [0.1, 0.15) is 39.7 Å². The van der Waals surface area contributed by atoms with E-state index in [4.69, 9.17) is 0 Å². The fraction of sp³-hybridized carbons (Fsp3) is 0.333. The molecule has 0 saturated heterocycles. The molecule has 0 aliphatic heterocycles. The van der Waals surface area contributed by atoms with Crippen molar-refractivity contribution in [1.29, 1.82) is 0 Å². The van der Waals surface area contributed by atoms with Crippen molar-refractivity contribution in [1.82, 2.24) is 9.55 Å². The first-order chi connectivity index (χ1) is 12.6. The summed E-state index contributed by atoms with van der Waals surface area (Å²) in [6.45, 7) is 7.60. The monoisotopic (exact) mass is 367 g/mol. The van der Waals surface area contributed by atoms with Gasteiger partial charge in [-0.15, -0.1) is 0 Å². The van der Waals surface area contributed by atoms with Crippen LogP contribution in [0.3, 0.4) is 0 Å². The quantitative estimate of drug-likeness (QED) is 0.656. The van der Waals surface area contributed by atoms with Gasteiger partial charge in [0.05, 0.1) is 23.1 Å². The van der Waals surface area contributed by atoms with Crippen LogP contribution in [-0.4, -0.2) is 25.7 Å². The number of phenolic OH excluding ortho intramolecular Hbond substituents is 1. The Labute approximate surface area is 158 Å². The standard InChI is InChI=1S/C21H25N3O3/c1-20(2,3)24-17-12-15(25)10-11-16(17)22-19(24)23-18(26)13-21(4,27)14-8-6-5-7-9-14/h5-12,25,27H,13H2,1-4H3,(H,22,23,26)/t21-/m1/s1. The third-order valence-electron chi connectivity index (χ3n) is 4.46. The number of hydrogen-bond acceptors (Lipinski definition) is 4. The van der Waals surface area contributed by atoms with Crippen molar-refractivity contribution in [3.63, 3.8) is 0 Å². The zero-order valence-electron chi connectivity index (χ0n) is 16.0. The number of amides is 1. The number of anilines is 1. The molecule has 0 fully saturated rings. The van der Waals surface area contributed by atoms with Crippen LogP contribution < -0.4 is 5.32 Å². The molecule has 0 spiro atoms. The van der Waals surface area contributed by atoms with Gasteiger partial charge in [-0.3, -0.25) is 10.1 Å². The first-order valence-corrected chi connectivity index (χ1v) is 8.88. The maximum absolute atomic E-state index is 12.7. The minimum atomic E-state index is -1.29. The predicted molar refractivity (Wildman–Crippen MR) is 106 cm³/mol. The molecule has 1 heterocycles. The normalized spacial score (nSPS) is 14.1. The summed E-state index contributed by atoms with van der Waals surface area (Å²) in [4.78, 5) is 17.2. The van der Waals surface area contributed by atoms with Crippen molar-refractivity contribution >= 4 is 22.9 Å². The lowest BCUT2D eigenvalue weighted by Crippen LogP contribution is -2.31. The second-order valence-electron chi connectivity index (χ2n) is 7.98. The molecule has 0 saturated carbocycles. The Morgan fingerprint density at radius 1 is 1.11 bits per heavy atom. The maximum Gasteiger partial charge on any atom is 0.229 e. The number of hydrogen-bond donors (Lipinski definition) is 3. The maximum atomic E-state index is 12.7. The second kappa shape index (κ2) is 6.70. The van der Waals surface area contributed by atoms with Gasteiger partial charge in [-0.1, -0.05) is 30.3 Å². The van der Waals surface area contributed by atoms with Gasteiger partial charge in [-0.2, -0.15) is 0 Å². The minimum absolute atomic E-state index is 0.102. The zero-order chi connectivity index (χ0) is 19.8. The Morgan fingerprint density at radius 3 is 2.41 bits per heavy atom. The highest BCUT2D eigenvalue weighted by atomic mass is 16.3. The van der Waals surface area contributed by atoms with Gasteiger partial charge in [0.15, 0.2) is 0 Å². The molecule has 0 unspecified atom stereocenters. The van der Waals surface area contributed by atoms with E-state index in [2.05, 4.69) is 10.3 Å². The molecular formula is C21H25N3O3. The van der Waals surface area contributed by atoms with E-state index in [1.807, 2.05) is 43.5 Å². The molecule has 0 bridgehead atoms. The van der Waals surface area contributed by atoms with Crippen molar-refractivity contribution in [2.75, 3.05) is 5.32 Å². The first kappa shape index (κ1) is 18.9. The summed E-state index contributed by atoms with van der Waals surface area (Å²) >= 11 is 0. The van der Waals surface area contributed by atoms with E-state index < -0.39 is 5.60 Å². The number of benzene rings is 2. The van der Waals surface area contributed by atoms with Gasteiger partial charge in [0.1, 0.15) is 5.75 Å². The molecule has 0 radical (unpaired) electrons. The van der Waals surface area contributed by atoms with E-state index in [0.29, 0.717) is 17.0 Å². The highest BCUT2D eigenvalue weighted by molar-refractivity contribution is 5.92. The summed E-state index contributed by atoms with van der Waals surface area (Å²) < 4.78 is 1.87. The number of imidazole rings is 1. The second-order valence-corrected chi connectivity index (χ2v) is 7.98. The molecule has 0 aliphatic carbocycles. The lowest BCUT2D eigenvalue weighted by molar-refractivity contribution is -0.120. The van der Waals surface area contributed by atoms with Crippen LogP contribution in [-0.2, 0) is 15.9 Å². The zero-order valence-corrected chi connectivity index (χ0v) is 16.0. The number of nitrogens with zero attached hydrogens (tertiary/aromatic N) is 2. The van der Waals surface area contributed by atoms with Gasteiger partial charge in [-0.05, 0) is 45.4 Å². The first-order valence-electron chi connectivity index (χ1n) is 8.88. The molecule has 6 nitrogen and oxygen atoms in total. The Bertz CT molecular complexity index is 969. The molecule has 27 heavy (non-hydrogen) atoms. The summed E-state index contributed by atoms with van der Waals surface area (Å²) in [7, 11) is 0. The summed E-state index contributed by atoms with van der Waals surface area (Å²) in [6.07, 6.45) is -0.102. The van der Waals surface area contributed by atoms with E-state index in [0.717, 1.165) is 5.52 Å². The van der Waals surface area contributed by atoms with E-state index in [1.165, 1.54) is 0 Å². The number of aliphatic hydroxyl groups is 1. The minimum Gasteiger partial charge on any atom is -0.508 e. The van der Waals surface area contributed by atoms with Crippen molar-refractivity contribution < 1.29 is 15.0 Å². The van der Waals surface area contributed by atoms with Crippen molar-refractivity contribution in [2.24, 2.45) is 0 Å². The molecule has 3 rings (SSSR count). The number of carbonyl (C=O) groups is 1. The Morgan fingerprint density at radius 2 is 1.78 bits per heavy atom. The Hall–Kier alpha value is -2.86. The fourth-order valence-corrected chi connectivity index (χ4v) is 3.21. The Kier molecular flexibility index (Phi) is 4.70. The van der Waals surface area contributed by atoms with Crippen molar-refractivity contribution in [2.45, 2.75) is 45.3 Å². The highest BCUT2D eigenvalue weighted by Crippen LogP contribution is 2.31. The molecule has 1 atom stereocenters. The summed E-state index contributed by atoms with van der Waals surface area (Å²) in [5, 5.41) is 23.4. The van der Waals surface area contributed by atoms with Crippen LogP contribution in [0, 0.1) is 0 Å². The third-order valence-corrected chi connectivity index (χ3v) is 4.46. The summed E-state index contributed by atoms with van der Waals surface area (Å²) in [5.74, 6) is 0.184. The van der Waals surface area contributed by atoms with Gasteiger partial charge >= 0.3 is 0 Å². The number of aromatic nitrogens is 2. The molecule has 3 N–H and O–H groups in total. The molecular weight excluding hydrogens is 342 g/mol. The van der Waals surface area contributed by atoms with E-state index >= 15 is 0 Å². The molecule has 6 heteroatoms. The number of aromatic hydroxyl groups is 1. The highest BCUT2D eigenvalue weighted by Gasteiger charge is 2.28. The molecule has 1 aromatic heterocycles. The van der Waals surface area contributed by atoms with Gasteiger partial charge in [-0.25, -0.2) is 4.98 Å². The molecule has 2 aromatic carbocycles. The average molecular weight is 367 g/mol. The van der Waals surface area contributed by atoms with Crippen LogP contribution in [0.4, 0.5) is 5.95 Å². The predicted octanol–water partition coefficient (Wildman–Crippen LogP) is 3.73. The van der Waals surface area contributed by atoms with Crippen LogP contribution in [0.15, 0.2) is 48.5 Å². The lowest BCUT2D eigenvalue weighted by Gasteiger charge is -2.26. The SMILES string of the molecule is CC(C)(C)n1c(NC(=O)C[C@@](C)(O)c2ccccc2)nc2ccc(O)cc21. The number of rotatable bonds is 4. The number of phenols is 1.